The summed E-state index contributed by atoms with van der Waals surface area (Å²) in [6, 6.07) is 1.90. The first-order valence-electron chi connectivity index (χ1n) is 6.32. The SMILES string of the molecule is CCS(=O)(=O)N1CCN(S(=O)(=O)N(C)CCC#N)CC1. The molecule has 0 spiro atoms. The Hall–Kier alpha value is -0.730. The highest BCUT2D eigenvalue weighted by Gasteiger charge is 2.33. The minimum Gasteiger partial charge on any atom is -0.212 e. The van der Waals surface area contributed by atoms with Crippen LogP contribution >= 0.6 is 0 Å². The van der Waals surface area contributed by atoms with Gasteiger partial charge in [0.2, 0.25) is 10.0 Å². The van der Waals surface area contributed by atoms with Crippen molar-refractivity contribution in [3.8, 4) is 6.07 Å². The third-order valence-electron chi connectivity index (χ3n) is 3.21. The second kappa shape index (κ2) is 6.82. The fourth-order valence-corrected chi connectivity index (χ4v) is 4.31. The molecule has 0 aromatic carbocycles. The van der Waals surface area contributed by atoms with Crippen LogP contribution in [-0.2, 0) is 20.2 Å². The van der Waals surface area contributed by atoms with Gasteiger partial charge in [0.1, 0.15) is 0 Å². The zero-order chi connectivity index (χ0) is 15.4. The van der Waals surface area contributed by atoms with Gasteiger partial charge in [0.25, 0.3) is 10.2 Å². The maximum atomic E-state index is 12.2. The number of hydrogen-bond acceptors (Lipinski definition) is 5. The molecule has 0 amide bonds. The first-order valence-corrected chi connectivity index (χ1v) is 9.32. The summed E-state index contributed by atoms with van der Waals surface area (Å²) in [4.78, 5) is 0. The van der Waals surface area contributed by atoms with Crippen LogP contribution in [0.3, 0.4) is 0 Å². The number of piperazine rings is 1. The summed E-state index contributed by atoms with van der Waals surface area (Å²) in [5, 5.41) is 8.48. The van der Waals surface area contributed by atoms with Gasteiger partial charge in [-0.05, 0) is 6.92 Å². The Labute approximate surface area is 120 Å². The minimum absolute atomic E-state index is 0.0157. The lowest BCUT2D eigenvalue weighted by Crippen LogP contribution is -2.53. The molecule has 0 aliphatic carbocycles. The largest absolute Gasteiger partial charge is 0.281 e. The van der Waals surface area contributed by atoms with Crippen molar-refractivity contribution in [3.05, 3.63) is 0 Å². The van der Waals surface area contributed by atoms with Crippen molar-refractivity contribution < 1.29 is 16.8 Å². The van der Waals surface area contributed by atoms with Crippen LogP contribution in [0, 0.1) is 11.3 Å². The van der Waals surface area contributed by atoms with Crippen LogP contribution in [-0.4, -0.2) is 75.3 Å². The summed E-state index contributed by atoms with van der Waals surface area (Å²) in [5.74, 6) is 0.0157. The van der Waals surface area contributed by atoms with Crippen LogP contribution in [0.2, 0.25) is 0 Å². The van der Waals surface area contributed by atoms with E-state index in [1.807, 2.05) is 6.07 Å². The molecule has 1 aliphatic heterocycles. The lowest BCUT2D eigenvalue weighted by atomic mass is 10.4. The van der Waals surface area contributed by atoms with E-state index in [1.165, 1.54) is 15.7 Å². The fourth-order valence-electron chi connectivity index (χ4n) is 1.88. The molecule has 1 saturated heterocycles. The van der Waals surface area contributed by atoms with Crippen LogP contribution in [0.1, 0.15) is 13.3 Å². The Morgan fingerprint density at radius 3 is 2.05 bits per heavy atom. The van der Waals surface area contributed by atoms with E-state index in [2.05, 4.69) is 0 Å². The number of nitrogens with zero attached hydrogens (tertiary/aromatic N) is 4. The van der Waals surface area contributed by atoms with Crippen molar-refractivity contribution in [1.29, 1.82) is 5.26 Å². The third-order valence-corrected chi connectivity index (χ3v) is 7.08. The Balaban J connectivity index is 2.68. The van der Waals surface area contributed by atoms with Gasteiger partial charge in [-0.1, -0.05) is 0 Å². The van der Waals surface area contributed by atoms with E-state index in [0.29, 0.717) is 0 Å². The average Bonchev–Trinajstić information content (AvgIpc) is 2.44. The molecular formula is C10H20N4O4S2. The maximum Gasteiger partial charge on any atom is 0.281 e. The van der Waals surface area contributed by atoms with Crippen LogP contribution in [0.25, 0.3) is 0 Å². The monoisotopic (exact) mass is 324 g/mol. The van der Waals surface area contributed by atoms with Gasteiger partial charge in [-0.2, -0.15) is 26.6 Å². The minimum atomic E-state index is -3.62. The Morgan fingerprint density at radius 1 is 1.10 bits per heavy atom. The highest BCUT2D eigenvalue weighted by atomic mass is 32.2. The first-order chi connectivity index (χ1) is 9.25. The van der Waals surface area contributed by atoms with Crippen LogP contribution in [0.15, 0.2) is 0 Å². The lowest BCUT2D eigenvalue weighted by molar-refractivity contribution is 0.259. The molecule has 0 aromatic rings. The second-order valence-corrected chi connectivity index (χ2v) is 8.73. The van der Waals surface area contributed by atoms with Crippen molar-refractivity contribution >= 4 is 20.2 Å². The number of sulfonamides is 1. The van der Waals surface area contributed by atoms with Gasteiger partial charge in [-0.3, -0.25) is 0 Å². The summed E-state index contributed by atoms with van der Waals surface area (Å²) >= 11 is 0. The van der Waals surface area contributed by atoms with Crippen LogP contribution in [0.5, 0.6) is 0 Å². The second-order valence-electron chi connectivity index (χ2n) is 4.44. The average molecular weight is 324 g/mol. The van der Waals surface area contributed by atoms with Gasteiger partial charge in [0.15, 0.2) is 0 Å². The predicted molar refractivity (Wildman–Crippen MR) is 74.4 cm³/mol. The van der Waals surface area contributed by atoms with Crippen LogP contribution < -0.4 is 0 Å². The number of hydrogen-bond donors (Lipinski definition) is 0. The summed E-state index contributed by atoms with van der Waals surface area (Å²) in [5.41, 5.74) is 0. The van der Waals surface area contributed by atoms with E-state index < -0.39 is 20.2 Å². The number of rotatable bonds is 6. The molecular weight excluding hydrogens is 304 g/mol. The maximum absolute atomic E-state index is 12.2. The molecule has 8 nitrogen and oxygen atoms in total. The van der Waals surface area contributed by atoms with E-state index in [0.717, 1.165) is 4.31 Å². The van der Waals surface area contributed by atoms with Crippen molar-refractivity contribution in [3.63, 3.8) is 0 Å². The molecule has 0 aromatic heterocycles. The van der Waals surface area contributed by atoms with Crippen molar-refractivity contribution in [2.24, 2.45) is 0 Å². The lowest BCUT2D eigenvalue weighted by Gasteiger charge is -2.34. The zero-order valence-corrected chi connectivity index (χ0v) is 13.3. The molecule has 10 heteroatoms. The Kier molecular flexibility index (Phi) is 5.91. The quantitative estimate of drug-likeness (QED) is 0.626. The molecule has 20 heavy (non-hydrogen) atoms. The van der Waals surface area contributed by atoms with Gasteiger partial charge < -0.3 is 0 Å². The standard InChI is InChI=1S/C10H20N4O4S2/c1-3-19(15,16)13-7-9-14(10-8-13)20(17,18)12(2)6-4-5-11/h3-4,6-10H2,1-2H3. The molecule has 1 fully saturated rings. The Bertz CT molecular complexity index is 559. The van der Waals surface area contributed by atoms with E-state index in [1.54, 1.807) is 6.92 Å². The molecule has 1 heterocycles. The molecule has 116 valence electrons. The van der Waals surface area contributed by atoms with Gasteiger partial charge in [-0.25, -0.2) is 8.42 Å². The predicted octanol–water partition coefficient (Wildman–Crippen LogP) is -0.956. The molecule has 0 atom stereocenters. The molecule has 1 aliphatic rings. The van der Waals surface area contributed by atoms with Gasteiger partial charge in [0.05, 0.1) is 11.8 Å². The van der Waals surface area contributed by atoms with E-state index in [-0.39, 0.29) is 44.9 Å². The third kappa shape index (κ3) is 3.89. The smallest absolute Gasteiger partial charge is 0.212 e. The zero-order valence-electron chi connectivity index (χ0n) is 11.7. The van der Waals surface area contributed by atoms with Crippen LogP contribution in [0.4, 0.5) is 0 Å². The van der Waals surface area contributed by atoms with E-state index in [9.17, 15) is 16.8 Å². The highest BCUT2D eigenvalue weighted by Crippen LogP contribution is 2.13. The molecule has 0 radical (unpaired) electrons. The van der Waals surface area contributed by atoms with Gasteiger partial charge in [0, 0.05) is 46.2 Å². The molecule has 0 unspecified atom stereocenters. The van der Waals surface area contributed by atoms with Gasteiger partial charge in [-0.15, -0.1) is 0 Å². The van der Waals surface area contributed by atoms with Gasteiger partial charge >= 0.3 is 0 Å². The molecule has 0 bridgehead atoms. The number of nitriles is 1. The van der Waals surface area contributed by atoms with Crippen molar-refractivity contribution in [2.45, 2.75) is 13.3 Å². The van der Waals surface area contributed by atoms with E-state index in [4.69, 9.17) is 5.26 Å². The summed E-state index contributed by atoms with van der Waals surface area (Å²) in [6.45, 7) is 2.31. The molecule has 0 saturated carbocycles. The van der Waals surface area contributed by atoms with Crippen molar-refractivity contribution in [2.75, 3.05) is 45.5 Å². The van der Waals surface area contributed by atoms with Crippen molar-refractivity contribution in [1.82, 2.24) is 12.9 Å². The summed E-state index contributed by atoms with van der Waals surface area (Å²) in [6.07, 6.45) is 0.125. The topological polar surface area (TPSA) is 102 Å². The molecule has 1 rings (SSSR count). The summed E-state index contributed by atoms with van der Waals surface area (Å²) in [7, 11) is -5.47. The highest BCUT2D eigenvalue weighted by molar-refractivity contribution is 7.89. The normalized spacial score (nSPS) is 19.1. The molecule has 0 N–H and O–H groups in total. The fraction of sp³-hybridized carbons (Fsp3) is 0.900. The Morgan fingerprint density at radius 2 is 1.60 bits per heavy atom. The van der Waals surface area contributed by atoms with E-state index >= 15 is 0 Å². The first kappa shape index (κ1) is 17.3. The summed E-state index contributed by atoms with van der Waals surface area (Å²) < 4.78 is 51.5.